The molecule has 0 amide bonds. The monoisotopic (exact) mass is 221 g/mol. The van der Waals surface area contributed by atoms with Crippen LogP contribution in [-0.2, 0) is 0 Å². The minimum Gasteiger partial charge on any atom is -0.310 e. The molecule has 0 aliphatic carbocycles. The Labute approximate surface area is 98.1 Å². The molecule has 3 rings (SSSR count). The second kappa shape index (κ2) is 4.47. The van der Waals surface area contributed by atoms with Crippen LogP contribution in [0.2, 0.25) is 0 Å². The molecule has 0 saturated carbocycles. The van der Waals surface area contributed by atoms with Crippen molar-refractivity contribution in [3.8, 4) is 0 Å². The van der Waals surface area contributed by atoms with Crippen LogP contribution in [0.3, 0.4) is 0 Å². The van der Waals surface area contributed by atoms with E-state index in [4.69, 9.17) is 0 Å². The summed E-state index contributed by atoms with van der Waals surface area (Å²) >= 11 is 0. The third-order valence-electron chi connectivity index (χ3n) is 4.40. The maximum Gasteiger partial charge on any atom is 0.0607 e. The van der Waals surface area contributed by atoms with Gasteiger partial charge in [0.2, 0.25) is 0 Å². The Morgan fingerprint density at radius 2 is 2.12 bits per heavy atom. The van der Waals surface area contributed by atoms with Gasteiger partial charge in [0.05, 0.1) is 6.17 Å². The highest BCUT2D eigenvalue weighted by Crippen LogP contribution is 2.35. The highest BCUT2D eigenvalue weighted by molar-refractivity contribution is 5.18. The van der Waals surface area contributed by atoms with Gasteiger partial charge in [-0.1, -0.05) is 11.6 Å². The normalized spacial score (nSPS) is 43.9. The third kappa shape index (κ3) is 1.92. The van der Waals surface area contributed by atoms with Crippen molar-refractivity contribution in [2.75, 3.05) is 19.6 Å². The van der Waals surface area contributed by atoms with Crippen LogP contribution in [0.5, 0.6) is 0 Å². The quantitative estimate of drug-likeness (QED) is 0.574. The second-order valence-corrected chi connectivity index (χ2v) is 5.49. The number of fused-ring (bicyclic) bond motifs is 1. The average Bonchev–Trinajstić information content (AvgIpc) is 2.72. The van der Waals surface area contributed by atoms with E-state index in [2.05, 4.69) is 29.0 Å². The van der Waals surface area contributed by atoms with E-state index in [0.29, 0.717) is 12.2 Å². The van der Waals surface area contributed by atoms with Crippen molar-refractivity contribution < 1.29 is 0 Å². The zero-order chi connectivity index (χ0) is 11.0. The van der Waals surface area contributed by atoms with Crippen molar-refractivity contribution in [1.82, 2.24) is 16.0 Å². The van der Waals surface area contributed by atoms with Gasteiger partial charge >= 0.3 is 0 Å². The van der Waals surface area contributed by atoms with Crippen molar-refractivity contribution in [3.05, 3.63) is 11.6 Å². The lowest BCUT2D eigenvalue weighted by Gasteiger charge is -2.32. The van der Waals surface area contributed by atoms with Gasteiger partial charge in [0.25, 0.3) is 0 Å². The molecule has 0 aromatic heterocycles. The minimum atomic E-state index is 0.569. The highest BCUT2D eigenvalue weighted by Gasteiger charge is 2.38. The Morgan fingerprint density at radius 3 is 3.00 bits per heavy atom. The van der Waals surface area contributed by atoms with E-state index >= 15 is 0 Å². The van der Waals surface area contributed by atoms with Crippen molar-refractivity contribution in [3.63, 3.8) is 0 Å². The first-order valence-corrected chi connectivity index (χ1v) is 6.75. The molecule has 0 radical (unpaired) electrons. The van der Waals surface area contributed by atoms with Crippen molar-refractivity contribution in [1.29, 1.82) is 0 Å². The summed E-state index contributed by atoms with van der Waals surface area (Å²) in [5, 5.41) is 10.8. The zero-order valence-corrected chi connectivity index (χ0v) is 10.1. The highest BCUT2D eigenvalue weighted by atomic mass is 15.2. The smallest absolute Gasteiger partial charge is 0.0607 e. The summed E-state index contributed by atoms with van der Waals surface area (Å²) in [7, 11) is 0. The molecule has 0 spiro atoms. The van der Waals surface area contributed by atoms with E-state index in [1.54, 1.807) is 5.57 Å². The Kier molecular flexibility index (Phi) is 3.01. The molecule has 3 nitrogen and oxygen atoms in total. The summed E-state index contributed by atoms with van der Waals surface area (Å²) in [6, 6.07) is 0.569. The zero-order valence-electron chi connectivity index (χ0n) is 10.1. The summed E-state index contributed by atoms with van der Waals surface area (Å²) in [4.78, 5) is 0. The number of hydrogen-bond acceptors (Lipinski definition) is 3. The molecule has 0 bridgehead atoms. The minimum absolute atomic E-state index is 0.569. The van der Waals surface area contributed by atoms with Crippen LogP contribution in [0.4, 0.5) is 0 Å². The van der Waals surface area contributed by atoms with E-state index in [9.17, 15) is 0 Å². The molecule has 3 aliphatic rings. The lowest BCUT2D eigenvalue weighted by Crippen LogP contribution is -2.46. The van der Waals surface area contributed by atoms with Crippen molar-refractivity contribution in [2.24, 2.45) is 11.8 Å². The molecule has 2 saturated heterocycles. The molecular formula is C13H23N3. The van der Waals surface area contributed by atoms with Gasteiger partial charge in [0.1, 0.15) is 0 Å². The molecule has 3 aliphatic heterocycles. The number of piperidine rings is 1. The summed E-state index contributed by atoms with van der Waals surface area (Å²) in [5.74, 6) is 1.63. The Balaban J connectivity index is 1.74. The number of nitrogens with one attached hydrogen (secondary N) is 3. The molecular weight excluding hydrogens is 198 g/mol. The van der Waals surface area contributed by atoms with Gasteiger partial charge in [0, 0.05) is 12.6 Å². The van der Waals surface area contributed by atoms with Gasteiger partial charge in [-0.15, -0.1) is 0 Å². The molecule has 4 atom stereocenters. The van der Waals surface area contributed by atoms with Gasteiger partial charge in [0.15, 0.2) is 0 Å². The van der Waals surface area contributed by atoms with Crippen LogP contribution < -0.4 is 16.0 Å². The second-order valence-electron chi connectivity index (χ2n) is 5.49. The average molecular weight is 221 g/mol. The molecule has 0 aromatic rings. The molecule has 3 heterocycles. The molecule has 2 fully saturated rings. The standard InChI is InChI=1S/C13H23N3/c1-9-7-10(4-6-14-9)12-8-16-13-11(12)3-2-5-15-13/h7,9,11-16H,2-6,8H2,1H3/t9-,11?,12?,13?/m0/s1. The van der Waals surface area contributed by atoms with Gasteiger partial charge in [-0.3, -0.25) is 0 Å². The summed E-state index contributed by atoms with van der Waals surface area (Å²) < 4.78 is 0. The molecule has 16 heavy (non-hydrogen) atoms. The molecule has 3 unspecified atom stereocenters. The van der Waals surface area contributed by atoms with Crippen LogP contribution in [0.15, 0.2) is 11.6 Å². The topological polar surface area (TPSA) is 36.1 Å². The van der Waals surface area contributed by atoms with Crippen LogP contribution in [0, 0.1) is 11.8 Å². The van der Waals surface area contributed by atoms with Crippen molar-refractivity contribution in [2.45, 2.75) is 38.4 Å². The SMILES string of the molecule is C[C@H]1C=C(C2CNC3NCCCC32)CCN1. The Morgan fingerprint density at radius 1 is 1.19 bits per heavy atom. The fraction of sp³-hybridized carbons (Fsp3) is 0.846. The van der Waals surface area contributed by atoms with Crippen LogP contribution >= 0.6 is 0 Å². The first-order chi connectivity index (χ1) is 7.84. The van der Waals surface area contributed by atoms with Crippen LogP contribution in [0.25, 0.3) is 0 Å². The van der Waals surface area contributed by atoms with Crippen LogP contribution in [0.1, 0.15) is 26.2 Å². The predicted octanol–water partition coefficient (Wildman–Crippen LogP) is 0.840. The largest absolute Gasteiger partial charge is 0.310 e. The molecule has 0 aromatic carbocycles. The van der Waals surface area contributed by atoms with Gasteiger partial charge in [-0.25, -0.2) is 0 Å². The van der Waals surface area contributed by atoms with E-state index in [-0.39, 0.29) is 0 Å². The first-order valence-electron chi connectivity index (χ1n) is 6.75. The summed E-state index contributed by atoms with van der Waals surface area (Å²) in [5.41, 5.74) is 1.70. The number of rotatable bonds is 1. The fourth-order valence-corrected chi connectivity index (χ4v) is 3.60. The van der Waals surface area contributed by atoms with E-state index in [0.717, 1.165) is 18.4 Å². The Bertz CT molecular complexity index is 287. The van der Waals surface area contributed by atoms with Gasteiger partial charge < -0.3 is 16.0 Å². The fourth-order valence-electron chi connectivity index (χ4n) is 3.60. The van der Waals surface area contributed by atoms with E-state index < -0.39 is 0 Å². The molecule has 3 N–H and O–H groups in total. The third-order valence-corrected chi connectivity index (χ3v) is 4.40. The van der Waals surface area contributed by atoms with Crippen LogP contribution in [-0.4, -0.2) is 31.8 Å². The number of hydrogen-bond donors (Lipinski definition) is 3. The Hall–Kier alpha value is -0.380. The van der Waals surface area contributed by atoms with Crippen molar-refractivity contribution >= 4 is 0 Å². The summed E-state index contributed by atoms with van der Waals surface area (Å²) in [6.45, 7) is 5.80. The van der Waals surface area contributed by atoms with E-state index in [1.807, 2.05) is 0 Å². The molecule has 3 heteroatoms. The summed E-state index contributed by atoms with van der Waals surface area (Å²) in [6.07, 6.45) is 7.05. The maximum absolute atomic E-state index is 3.65. The van der Waals surface area contributed by atoms with E-state index in [1.165, 1.54) is 32.4 Å². The maximum atomic E-state index is 3.65. The lowest BCUT2D eigenvalue weighted by molar-refractivity contribution is 0.268. The molecule has 90 valence electrons. The lowest BCUT2D eigenvalue weighted by atomic mass is 9.80. The van der Waals surface area contributed by atoms with Gasteiger partial charge in [-0.2, -0.15) is 0 Å². The van der Waals surface area contributed by atoms with Gasteiger partial charge in [-0.05, 0) is 51.1 Å². The predicted molar refractivity (Wildman–Crippen MR) is 66.2 cm³/mol. The first kappa shape index (κ1) is 10.8.